The molecule has 0 radical (unpaired) electrons. The summed E-state index contributed by atoms with van der Waals surface area (Å²) in [5.74, 6) is 1.49. The highest BCUT2D eigenvalue weighted by Crippen LogP contribution is 2.28. The van der Waals surface area contributed by atoms with E-state index in [2.05, 4.69) is 28.7 Å². The summed E-state index contributed by atoms with van der Waals surface area (Å²) < 4.78 is 5.91. The fraction of sp³-hybridized carbons (Fsp3) is 0.516. The number of hydrogen-bond donors (Lipinski definition) is 1. The Morgan fingerprint density at radius 3 is 2.24 bits per heavy atom. The SMILES string of the molecule is Br.CCCCCCCCCCCCCCOc1ccc(NC(=O)c2ccccc2CN2C=CSC2)c(Cl)c1. The van der Waals surface area contributed by atoms with Crippen molar-refractivity contribution in [3.63, 3.8) is 0 Å². The number of anilines is 1. The molecule has 2 aromatic carbocycles. The first-order valence-corrected chi connectivity index (χ1v) is 15.4. The highest BCUT2D eigenvalue weighted by atomic mass is 79.9. The largest absolute Gasteiger partial charge is 0.494 e. The maximum absolute atomic E-state index is 13.0. The molecular formula is C31H44BrClN2O2S. The zero-order chi connectivity index (χ0) is 26.1. The van der Waals surface area contributed by atoms with Crippen molar-refractivity contribution in [2.75, 3.05) is 17.8 Å². The number of hydrogen-bond acceptors (Lipinski definition) is 4. The predicted octanol–water partition coefficient (Wildman–Crippen LogP) is 10.2. The van der Waals surface area contributed by atoms with E-state index in [1.165, 1.54) is 70.6 Å². The summed E-state index contributed by atoms with van der Waals surface area (Å²) in [6.07, 6.45) is 18.0. The number of rotatable bonds is 18. The fourth-order valence-electron chi connectivity index (χ4n) is 4.52. The van der Waals surface area contributed by atoms with Gasteiger partial charge in [-0.3, -0.25) is 4.79 Å². The van der Waals surface area contributed by atoms with E-state index < -0.39 is 0 Å². The maximum Gasteiger partial charge on any atom is 0.256 e. The molecule has 0 aromatic heterocycles. The zero-order valence-corrected chi connectivity index (χ0v) is 26.0. The van der Waals surface area contributed by atoms with E-state index in [-0.39, 0.29) is 22.9 Å². The Morgan fingerprint density at radius 1 is 0.947 bits per heavy atom. The third kappa shape index (κ3) is 12.0. The predicted molar refractivity (Wildman–Crippen MR) is 170 cm³/mol. The van der Waals surface area contributed by atoms with Gasteiger partial charge in [-0.15, -0.1) is 28.7 Å². The second kappa shape index (κ2) is 19.4. The fourth-order valence-corrected chi connectivity index (χ4v) is 5.45. The molecule has 0 atom stereocenters. The molecule has 1 amide bonds. The molecule has 7 heteroatoms. The van der Waals surface area contributed by atoms with Crippen LogP contribution in [-0.4, -0.2) is 23.3 Å². The molecule has 0 saturated carbocycles. The standard InChI is InChI=1S/C31H43ClN2O2S.BrH/c1-2-3-4-5-6-7-8-9-10-11-12-15-21-36-27-18-19-30(29(32)23-27)33-31(35)28-17-14-13-16-26(28)24-34-20-22-37-25-34;/h13-14,16-20,22-23H,2-12,15,21,24-25H2,1H3,(H,33,35);1H. The number of carbonyl (C=O) groups is 1. The van der Waals surface area contributed by atoms with Crippen LogP contribution < -0.4 is 10.1 Å². The van der Waals surface area contributed by atoms with Crippen molar-refractivity contribution >= 4 is 51.9 Å². The van der Waals surface area contributed by atoms with Crippen LogP contribution in [0.15, 0.2) is 54.1 Å². The zero-order valence-electron chi connectivity index (χ0n) is 22.8. The average molecular weight is 624 g/mol. The summed E-state index contributed by atoms with van der Waals surface area (Å²) in [5.41, 5.74) is 2.25. The smallest absolute Gasteiger partial charge is 0.256 e. The van der Waals surface area contributed by atoms with Gasteiger partial charge in [-0.2, -0.15) is 0 Å². The van der Waals surface area contributed by atoms with Crippen molar-refractivity contribution in [2.45, 2.75) is 90.5 Å². The lowest BCUT2D eigenvalue weighted by molar-refractivity contribution is 0.102. The van der Waals surface area contributed by atoms with E-state index in [1.54, 1.807) is 17.8 Å². The lowest BCUT2D eigenvalue weighted by Crippen LogP contribution is -2.19. The van der Waals surface area contributed by atoms with Crippen molar-refractivity contribution in [1.82, 2.24) is 4.90 Å². The van der Waals surface area contributed by atoms with Crippen LogP contribution in [0.5, 0.6) is 5.75 Å². The summed E-state index contributed by atoms with van der Waals surface area (Å²) in [7, 11) is 0. The first-order valence-electron chi connectivity index (χ1n) is 14.0. The quantitative estimate of drug-likeness (QED) is 0.168. The monoisotopic (exact) mass is 622 g/mol. The summed E-state index contributed by atoms with van der Waals surface area (Å²) in [6.45, 7) is 3.66. The van der Waals surface area contributed by atoms with Crippen LogP contribution in [0.4, 0.5) is 5.69 Å². The highest BCUT2D eigenvalue weighted by molar-refractivity contribution is 8.93. The second-order valence-corrected chi connectivity index (χ2v) is 11.1. The van der Waals surface area contributed by atoms with E-state index in [0.717, 1.165) is 23.6 Å². The molecule has 1 heterocycles. The molecule has 0 fully saturated rings. The van der Waals surface area contributed by atoms with Crippen molar-refractivity contribution in [3.05, 3.63) is 70.2 Å². The number of thioether (sulfide) groups is 1. The van der Waals surface area contributed by atoms with Gasteiger partial charge in [0, 0.05) is 24.4 Å². The van der Waals surface area contributed by atoms with Crippen LogP contribution >= 0.6 is 40.3 Å². The van der Waals surface area contributed by atoms with E-state index in [9.17, 15) is 4.79 Å². The Labute approximate surface area is 249 Å². The molecule has 1 aliphatic rings. The summed E-state index contributed by atoms with van der Waals surface area (Å²) in [5, 5.41) is 5.53. The van der Waals surface area contributed by atoms with E-state index in [4.69, 9.17) is 16.3 Å². The van der Waals surface area contributed by atoms with Gasteiger partial charge in [0.1, 0.15) is 5.75 Å². The molecule has 2 aromatic rings. The molecule has 38 heavy (non-hydrogen) atoms. The third-order valence-corrected chi connectivity index (χ3v) is 7.81. The van der Waals surface area contributed by atoms with Crippen LogP contribution in [0.3, 0.4) is 0 Å². The van der Waals surface area contributed by atoms with Gasteiger partial charge in [-0.05, 0) is 35.6 Å². The van der Waals surface area contributed by atoms with E-state index >= 15 is 0 Å². The molecule has 3 rings (SSSR count). The van der Waals surface area contributed by atoms with Crippen molar-refractivity contribution in [1.29, 1.82) is 0 Å². The minimum Gasteiger partial charge on any atom is -0.494 e. The van der Waals surface area contributed by atoms with Gasteiger partial charge in [0.05, 0.1) is 23.2 Å². The highest BCUT2D eigenvalue weighted by Gasteiger charge is 2.15. The first-order chi connectivity index (χ1) is 18.2. The number of nitrogens with one attached hydrogen (secondary N) is 1. The van der Waals surface area contributed by atoms with Crippen molar-refractivity contribution in [3.8, 4) is 5.75 Å². The molecule has 210 valence electrons. The topological polar surface area (TPSA) is 41.6 Å². The Morgan fingerprint density at radius 2 is 1.61 bits per heavy atom. The number of nitrogens with zero attached hydrogens (tertiary/aromatic N) is 1. The molecular weight excluding hydrogens is 580 g/mol. The van der Waals surface area contributed by atoms with Gasteiger partial charge in [0.15, 0.2) is 0 Å². The molecule has 0 unspecified atom stereocenters. The van der Waals surface area contributed by atoms with E-state index in [1.807, 2.05) is 36.4 Å². The maximum atomic E-state index is 13.0. The molecule has 1 N–H and O–H groups in total. The summed E-state index contributed by atoms with van der Waals surface area (Å²) in [4.78, 5) is 15.2. The van der Waals surface area contributed by atoms with Gasteiger partial charge in [-0.25, -0.2) is 0 Å². The number of carbonyl (C=O) groups excluding carboxylic acids is 1. The van der Waals surface area contributed by atoms with Gasteiger partial charge in [0.25, 0.3) is 5.91 Å². The molecule has 0 bridgehead atoms. The van der Waals surface area contributed by atoms with Crippen LogP contribution in [0.1, 0.15) is 99.9 Å². The number of unbranched alkanes of at least 4 members (excludes halogenated alkanes) is 11. The summed E-state index contributed by atoms with van der Waals surface area (Å²) in [6, 6.07) is 13.2. The molecule has 1 aliphatic heterocycles. The number of halogens is 2. The van der Waals surface area contributed by atoms with Crippen LogP contribution in [-0.2, 0) is 6.54 Å². The van der Waals surface area contributed by atoms with Gasteiger partial charge in [-0.1, -0.05) is 107 Å². The van der Waals surface area contributed by atoms with Crippen LogP contribution in [0, 0.1) is 0 Å². The molecule has 0 aliphatic carbocycles. The molecule has 4 nitrogen and oxygen atoms in total. The third-order valence-electron chi connectivity index (χ3n) is 6.70. The molecule has 0 saturated heterocycles. The van der Waals surface area contributed by atoms with Gasteiger partial charge in [0.2, 0.25) is 0 Å². The van der Waals surface area contributed by atoms with Crippen molar-refractivity contribution < 1.29 is 9.53 Å². The normalized spacial score (nSPS) is 12.4. The van der Waals surface area contributed by atoms with Crippen LogP contribution in [0.25, 0.3) is 0 Å². The Kier molecular flexibility index (Phi) is 16.7. The lowest BCUT2D eigenvalue weighted by atomic mass is 10.1. The Balaban J connectivity index is 0.00000507. The lowest BCUT2D eigenvalue weighted by Gasteiger charge is -2.17. The van der Waals surface area contributed by atoms with Crippen molar-refractivity contribution in [2.24, 2.45) is 0 Å². The Hall–Kier alpha value is -1.63. The average Bonchev–Trinajstić information content (AvgIpc) is 3.42. The van der Waals surface area contributed by atoms with Crippen LogP contribution in [0.2, 0.25) is 5.02 Å². The number of ether oxygens (including phenoxy) is 1. The second-order valence-electron chi connectivity index (χ2n) is 9.82. The number of benzene rings is 2. The minimum absolute atomic E-state index is 0. The van der Waals surface area contributed by atoms with Gasteiger partial charge < -0.3 is 15.0 Å². The van der Waals surface area contributed by atoms with Gasteiger partial charge >= 0.3 is 0 Å². The van der Waals surface area contributed by atoms with E-state index in [0.29, 0.717) is 29.4 Å². The summed E-state index contributed by atoms with van der Waals surface area (Å²) >= 11 is 8.23. The Bertz CT molecular complexity index is 988. The number of amides is 1. The molecule has 0 spiro atoms. The minimum atomic E-state index is -0.154. The first kappa shape index (κ1) is 32.6.